The third kappa shape index (κ3) is 2.95. The number of aromatic nitrogens is 3. The highest BCUT2D eigenvalue weighted by Gasteiger charge is 2.24. The maximum Gasteiger partial charge on any atom is 0.332 e. The monoisotopic (exact) mass is 399 g/mol. The van der Waals surface area contributed by atoms with Crippen molar-refractivity contribution in [3.63, 3.8) is 0 Å². The zero-order valence-electron chi connectivity index (χ0n) is 15.6. The van der Waals surface area contributed by atoms with Crippen LogP contribution < -0.4 is 21.7 Å². The molecule has 0 spiro atoms. The van der Waals surface area contributed by atoms with E-state index in [4.69, 9.17) is 22.1 Å². The Kier molecular flexibility index (Phi) is 5.23. The van der Waals surface area contributed by atoms with Gasteiger partial charge in [-0.05, 0) is 19.1 Å². The van der Waals surface area contributed by atoms with Gasteiger partial charge in [-0.3, -0.25) is 13.9 Å². The van der Waals surface area contributed by atoms with Crippen LogP contribution in [0.3, 0.4) is 0 Å². The van der Waals surface area contributed by atoms with Gasteiger partial charge in [-0.1, -0.05) is 17.7 Å². The van der Waals surface area contributed by atoms with E-state index in [0.29, 0.717) is 28.3 Å². The second-order valence-electron chi connectivity index (χ2n) is 6.11. The summed E-state index contributed by atoms with van der Waals surface area (Å²) in [5.74, 6) is 0.217. The molecule has 0 unspecified atom stereocenters. The minimum Gasteiger partial charge on any atom is -0.478 e. The topological polar surface area (TPSA) is 116 Å². The molecule has 2 N–H and O–H groups in total. The van der Waals surface area contributed by atoms with Gasteiger partial charge < -0.3 is 10.5 Å². The third-order valence-electron chi connectivity index (χ3n) is 4.51. The van der Waals surface area contributed by atoms with Crippen molar-refractivity contribution in [2.24, 2.45) is 19.8 Å². The van der Waals surface area contributed by atoms with Crippen LogP contribution in [-0.2, 0) is 20.6 Å². The van der Waals surface area contributed by atoms with Crippen LogP contribution in [0.25, 0.3) is 22.2 Å². The first-order valence-corrected chi connectivity index (χ1v) is 8.88. The Morgan fingerprint density at radius 3 is 2.61 bits per heavy atom. The van der Waals surface area contributed by atoms with E-state index in [9.17, 15) is 14.9 Å². The minimum absolute atomic E-state index is 0.0209. The molecule has 2 heterocycles. The van der Waals surface area contributed by atoms with Crippen molar-refractivity contribution in [1.29, 1.82) is 5.26 Å². The number of ether oxygens (including phenoxy) is 1. The van der Waals surface area contributed by atoms with Gasteiger partial charge in [0.25, 0.3) is 5.56 Å². The summed E-state index contributed by atoms with van der Waals surface area (Å²) in [7, 11) is 2.91. The smallest absolute Gasteiger partial charge is 0.332 e. The number of pyridine rings is 1. The molecule has 9 heteroatoms. The predicted molar refractivity (Wildman–Crippen MR) is 106 cm³/mol. The Labute approximate surface area is 165 Å². The number of benzene rings is 1. The molecule has 0 saturated carbocycles. The molecule has 0 atom stereocenters. The average Bonchev–Trinajstić information content (AvgIpc) is 2.69. The summed E-state index contributed by atoms with van der Waals surface area (Å²) in [4.78, 5) is 29.8. The van der Waals surface area contributed by atoms with E-state index in [1.807, 2.05) is 0 Å². The molecular formula is C19H18ClN5O3. The first-order chi connectivity index (χ1) is 13.3. The number of fused-ring (bicyclic) bond motifs is 1. The second-order valence-corrected chi connectivity index (χ2v) is 6.55. The zero-order chi connectivity index (χ0) is 20.6. The van der Waals surface area contributed by atoms with Crippen molar-refractivity contribution < 1.29 is 4.74 Å². The van der Waals surface area contributed by atoms with Gasteiger partial charge in [0.2, 0.25) is 5.88 Å². The second kappa shape index (κ2) is 7.46. The fourth-order valence-corrected chi connectivity index (χ4v) is 3.35. The van der Waals surface area contributed by atoms with Crippen LogP contribution in [0.5, 0.6) is 5.88 Å². The zero-order valence-corrected chi connectivity index (χ0v) is 16.4. The van der Waals surface area contributed by atoms with Gasteiger partial charge in [0.05, 0.1) is 23.6 Å². The SMILES string of the molecule is CCOc1nc2c(c(-c3ccc(Cl)cc3C#N)c1CN)c(=O)n(C)c(=O)n2C. The average molecular weight is 400 g/mol. The number of hydrogen-bond donors (Lipinski definition) is 1. The molecular weight excluding hydrogens is 382 g/mol. The third-order valence-corrected chi connectivity index (χ3v) is 4.74. The molecule has 0 aliphatic rings. The van der Waals surface area contributed by atoms with Crippen LogP contribution in [0.2, 0.25) is 5.02 Å². The van der Waals surface area contributed by atoms with Crippen LogP contribution in [0.1, 0.15) is 18.1 Å². The molecule has 0 fully saturated rings. The summed E-state index contributed by atoms with van der Waals surface area (Å²) >= 11 is 6.03. The Morgan fingerprint density at radius 1 is 1.29 bits per heavy atom. The largest absolute Gasteiger partial charge is 0.478 e. The quantitative estimate of drug-likeness (QED) is 0.713. The molecule has 0 aliphatic carbocycles. The maximum atomic E-state index is 13.0. The van der Waals surface area contributed by atoms with E-state index >= 15 is 0 Å². The van der Waals surface area contributed by atoms with E-state index in [1.54, 1.807) is 19.1 Å². The Balaban J connectivity index is 2.66. The predicted octanol–water partition coefficient (Wildman–Crippen LogP) is 1.68. The van der Waals surface area contributed by atoms with Crippen molar-refractivity contribution in [3.8, 4) is 23.1 Å². The van der Waals surface area contributed by atoms with Crippen LogP contribution in [-0.4, -0.2) is 20.7 Å². The summed E-state index contributed by atoms with van der Waals surface area (Å²) in [5, 5.41) is 10.2. The molecule has 3 aromatic rings. The fraction of sp³-hybridized carbons (Fsp3) is 0.263. The van der Waals surface area contributed by atoms with Gasteiger partial charge in [0.1, 0.15) is 0 Å². The Bertz CT molecular complexity index is 1250. The van der Waals surface area contributed by atoms with Gasteiger partial charge in [0.15, 0.2) is 5.65 Å². The van der Waals surface area contributed by atoms with Gasteiger partial charge in [-0.2, -0.15) is 10.2 Å². The summed E-state index contributed by atoms with van der Waals surface area (Å²) in [6, 6.07) is 6.88. The molecule has 28 heavy (non-hydrogen) atoms. The molecule has 0 amide bonds. The highest BCUT2D eigenvalue weighted by atomic mass is 35.5. The lowest BCUT2D eigenvalue weighted by molar-refractivity contribution is 0.324. The van der Waals surface area contributed by atoms with Crippen molar-refractivity contribution in [2.75, 3.05) is 6.61 Å². The lowest BCUT2D eigenvalue weighted by atomic mass is 9.94. The van der Waals surface area contributed by atoms with Crippen molar-refractivity contribution >= 4 is 22.6 Å². The van der Waals surface area contributed by atoms with E-state index in [0.717, 1.165) is 4.57 Å². The van der Waals surface area contributed by atoms with Crippen molar-refractivity contribution in [2.45, 2.75) is 13.5 Å². The highest BCUT2D eigenvalue weighted by molar-refractivity contribution is 6.30. The number of hydrogen-bond acceptors (Lipinski definition) is 6. The first kappa shape index (κ1) is 19.6. The number of rotatable bonds is 4. The number of halogens is 1. The molecule has 0 aliphatic heterocycles. The highest BCUT2D eigenvalue weighted by Crippen LogP contribution is 2.36. The molecule has 0 saturated heterocycles. The summed E-state index contributed by atoms with van der Waals surface area (Å²) < 4.78 is 7.90. The maximum absolute atomic E-state index is 13.0. The summed E-state index contributed by atoms with van der Waals surface area (Å²) in [5.41, 5.74) is 6.72. The van der Waals surface area contributed by atoms with Gasteiger partial charge >= 0.3 is 5.69 Å². The summed E-state index contributed by atoms with van der Waals surface area (Å²) in [6.07, 6.45) is 0. The van der Waals surface area contributed by atoms with Crippen molar-refractivity contribution in [3.05, 3.63) is 55.2 Å². The number of nitrogens with two attached hydrogens (primary N) is 1. The van der Waals surface area contributed by atoms with Crippen LogP contribution in [0, 0.1) is 11.3 Å². The molecule has 0 radical (unpaired) electrons. The number of nitrogens with zero attached hydrogens (tertiary/aromatic N) is 4. The minimum atomic E-state index is -0.530. The van der Waals surface area contributed by atoms with E-state index < -0.39 is 11.2 Å². The molecule has 144 valence electrons. The normalized spacial score (nSPS) is 10.9. The molecule has 2 aromatic heterocycles. The lowest BCUT2D eigenvalue weighted by Gasteiger charge is -2.18. The van der Waals surface area contributed by atoms with Crippen LogP contribution in [0.15, 0.2) is 27.8 Å². The summed E-state index contributed by atoms with van der Waals surface area (Å²) in [6.45, 7) is 2.13. The molecule has 0 bridgehead atoms. The van der Waals surface area contributed by atoms with Gasteiger partial charge in [-0.15, -0.1) is 0 Å². The Morgan fingerprint density at radius 2 is 2.00 bits per heavy atom. The fourth-order valence-electron chi connectivity index (χ4n) is 3.17. The van der Waals surface area contributed by atoms with Crippen molar-refractivity contribution in [1.82, 2.24) is 14.1 Å². The van der Waals surface area contributed by atoms with E-state index in [1.165, 1.54) is 24.7 Å². The molecule has 8 nitrogen and oxygen atoms in total. The molecule has 3 rings (SSSR count). The van der Waals surface area contributed by atoms with Gasteiger partial charge in [0, 0.05) is 42.4 Å². The standard InChI is InChI=1S/C19H18ClN5O3/c1-4-28-17-13(9-22)14(12-6-5-11(20)7-10(12)8-21)15-16(23-17)24(2)19(27)25(3)18(15)26/h5-7H,4,9,22H2,1-3H3. The van der Waals surface area contributed by atoms with E-state index in [-0.39, 0.29) is 29.0 Å². The molecule has 1 aromatic carbocycles. The number of nitriles is 1. The Hall–Kier alpha value is -3.15. The van der Waals surface area contributed by atoms with Crippen LogP contribution >= 0.6 is 11.6 Å². The first-order valence-electron chi connectivity index (χ1n) is 8.51. The lowest BCUT2D eigenvalue weighted by Crippen LogP contribution is -2.37. The van der Waals surface area contributed by atoms with Crippen LogP contribution in [0.4, 0.5) is 0 Å². The van der Waals surface area contributed by atoms with E-state index in [2.05, 4.69) is 11.1 Å². The van der Waals surface area contributed by atoms with Gasteiger partial charge in [-0.25, -0.2) is 4.79 Å². The number of aryl methyl sites for hydroxylation is 1.